The smallest absolute Gasteiger partial charge is 0.324 e. The van der Waals surface area contributed by atoms with Gasteiger partial charge in [0.25, 0.3) is 5.91 Å². The molecule has 2 aromatic rings. The monoisotopic (exact) mass is 495 g/mol. The maximum Gasteiger partial charge on any atom is 0.471 e. The van der Waals surface area contributed by atoms with Gasteiger partial charge in [-0.3, -0.25) is 18.7 Å². The molecule has 30 heavy (non-hydrogen) atoms. The highest BCUT2D eigenvalue weighted by atomic mass is 35.5. The van der Waals surface area contributed by atoms with Gasteiger partial charge in [-0.25, -0.2) is 4.57 Å². The Balaban J connectivity index is 2.24. The Morgan fingerprint density at radius 2 is 1.87 bits per heavy atom. The number of anilines is 1. The number of benzene rings is 1. The van der Waals surface area contributed by atoms with Gasteiger partial charge in [-0.05, 0) is 17.5 Å². The van der Waals surface area contributed by atoms with E-state index in [0.29, 0.717) is 0 Å². The third-order valence-electron chi connectivity index (χ3n) is 3.47. The SMILES string of the molecule is CC(C)(C)CC(=O)Nc1c(Cl)cc(C(=O)N=c2sccn2COP(=O)(O)O)cc1Cl. The molecule has 13 heteroatoms. The van der Waals surface area contributed by atoms with Gasteiger partial charge in [-0.1, -0.05) is 44.0 Å². The Labute approximate surface area is 186 Å². The number of thiazole rings is 1. The molecule has 0 saturated carbocycles. The molecule has 0 fully saturated rings. The van der Waals surface area contributed by atoms with Gasteiger partial charge in [0.2, 0.25) is 5.91 Å². The van der Waals surface area contributed by atoms with E-state index in [4.69, 9.17) is 33.0 Å². The van der Waals surface area contributed by atoms with Crippen LogP contribution in [0.3, 0.4) is 0 Å². The Morgan fingerprint density at radius 1 is 1.27 bits per heavy atom. The minimum atomic E-state index is -4.67. The van der Waals surface area contributed by atoms with Crippen LogP contribution in [0.15, 0.2) is 28.7 Å². The number of phosphoric acid groups is 1. The molecule has 0 bridgehead atoms. The van der Waals surface area contributed by atoms with Crippen molar-refractivity contribution in [3.05, 3.63) is 44.1 Å². The number of nitrogens with zero attached hydrogens (tertiary/aromatic N) is 2. The van der Waals surface area contributed by atoms with Crippen LogP contribution in [0, 0.1) is 5.41 Å². The van der Waals surface area contributed by atoms with Crippen molar-refractivity contribution >= 4 is 59.9 Å². The second kappa shape index (κ2) is 9.74. The lowest BCUT2D eigenvalue weighted by Crippen LogP contribution is -2.20. The molecule has 0 unspecified atom stereocenters. The number of hydrogen-bond donors (Lipinski definition) is 3. The fourth-order valence-corrected chi connectivity index (χ4v) is 3.83. The third-order valence-corrected chi connectivity index (χ3v) is 5.31. The van der Waals surface area contributed by atoms with Crippen LogP contribution in [0.4, 0.5) is 5.69 Å². The van der Waals surface area contributed by atoms with Gasteiger partial charge < -0.3 is 15.1 Å². The molecule has 1 aromatic heterocycles. The summed E-state index contributed by atoms with van der Waals surface area (Å²) in [4.78, 5) is 46.3. The largest absolute Gasteiger partial charge is 0.471 e. The second-order valence-electron chi connectivity index (χ2n) is 7.42. The van der Waals surface area contributed by atoms with E-state index in [1.165, 1.54) is 22.9 Å². The number of carbonyl (C=O) groups excluding carboxylic acids is 2. The normalized spacial score (nSPS) is 12.8. The van der Waals surface area contributed by atoms with E-state index < -0.39 is 20.5 Å². The molecule has 0 spiro atoms. The lowest BCUT2D eigenvalue weighted by Gasteiger charge is -2.18. The zero-order chi connectivity index (χ0) is 22.7. The topological polar surface area (TPSA) is 130 Å². The number of rotatable bonds is 6. The minimum Gasteiger partial charge on any atom is -0.324 e. The summed E-state index contributed by atoms with van der Waals surface area (Å²) >= 11 is 13.5. The fraction of sp³-hybridized carbons (Fsp3) is 0.353. The number of hydrogen-bond acceptors (Lipinski definition) is 5. The van der Waals surface area contributed by atoms with Gasteiger partial charge in [0.05, 0.1) is 15.7 Å². The number of aromatic nitrogens is 1. The van der Waals surface area contributed by atoms with Crippen molar-refractivity contribution in [1.82, 2.24) is 4.57 Å². The first-order valence-corrected chi connectivity index (χ1v) is 11.6. The van der Waals surface area contributed by atoms with E-state index in [2.05, 4.69) is 14.8 Å². The molecule has 0 aliphatic rings. The van der Waals surface area contributed by atoms with E-state index in [1.54, 1.807) is 5.38 Å². The zero-order valence-electron chi connectivity index (χ0n) is 16.3. The summed E-state index contributed by atoms with van der Waals surface area (Å²) in [6, 6.07) is 2.66. The summed E-state index contributed by atoms with van der Waals surface area (Å²) in [5.41, 5.74) is 0.0530. The first-order valence-electron chi connectivity index (χ1n) is 8.47. The standard InChI is InChI=1S/C17H20Cl2N3O6PS/c1-17(2,3)8-13(23)20-14-11(18)6-10(7-12(14)19)15(24)21-16-22(4-5-30-16)9-28-29(25,26)27/h4-7H,8-9H2,1-3H3,(H,20,23)(H2,25,26,27). The molecular weight excluding hydrogens is 476 g/mol. The van der Waals surface area contributed by atoms with Crippen LogP contribution < -0.4 is 10.1 Å². The van der Waals surface area contributed by atoms with E-state index in [-0.39, 0.29) is 43.8 Å². The molecule has 1 heterocycles. The number of carbonyl (C=O) groups is 2. The number of amides is 2. The number of nitrogens with one attached hydrogen (secondary N) is 1. The number of halogens is 2. The molecule has 9 nitrogen and oxygen atoms in total. The molecule has 0 aliphatic carbocycles. The van der Waals surface area contributed by atoms with Gasteiger partial charge in [-0.15, -0.1) is 11.3 Å². The molecule has 1 aromatic carbocycles. The highest BCUT2D eigenvalue weighted by molar-refractivity contribution is 7.46. The molecule has 0 radical (unpaired) electrons. The predicted octanol–water partition coefficient (Wildman–Crippen LogP) is 4.04. The van der Waals surface area contributed by atoms with Crippen LogP contribution in [-0.2, 0) is 20.6 Å². The maximum atomic E-state index is 12.5. The molecule has 0 aliphatic heterocycles. The highest BCUT2D eigenvalue weighted by Crippen LogP contribution is 2.36. The van der Waals surface area contributed by atoms with Crippen molar-refractivity contribution in [3.63, 3.8) is 0 Å². The number of phosphoric ester groups is 1. The highest BCUT2D eigenvalue weighted by Gasteiger charge is 2.19. The van der Waals surface area contributed by atoms with E-state index in [9.17, 15) is 14.2 Å². The Morgan fingerprint density at radius 3 is 2.40 bits per heavy atom. The minimum absolute atomic E-state index is 0.0761. The average Bonchev–Trinajstić information content (AvgIpc) is 3.01. The molecule has 2 amide bonds. The summed E-state index contributed by atoms with van der Waals surface area (Å²) in [6.07, 6.45) is 1.71. The fourth-order valence-electron chi connectivity index (χ4n) is 2.26. The van der Waals surface area contributed by atoms with Crippen molar-refractivity contribution in [2.24, 2.45) is 10.4 Å². The lowest BCUT2D eigenvalue weighted by molar-refractivity contribution is -0.117. The lowest BCUT2D eigenvalue weighted by atomic mass is 9.92. The van der Waals surface area contributed by atoms with Crippen LogP contribution in [0.25, 0.3) is 0 Å². The summed E-state index contributed by atoms with van der Waals surface area (Å²) in [5, 5.41) is 4.37. The van der Waals surface area contributed by atoms with Gasteiger partial charge in [0.15, 0.2) is 4.80 Å². The van der Waals surface area contributed by atoms with Crippen LogP contribution >= 0.6 is 42.4 Å². The molecule has 2 rings (SSSR count). The van der Waals surface area contributed by atoms with Crippen molar-refractivity contribution in [2.45, 2.75) is 33.9 Å². The first-order chi connectivity index (χ1) is 13.7. The van der Waals surface area contributed by atoms with Crippen LogP contribution in [-0.4, -0.2) is 26.2 Å². The average molecular weight is 496 g/mol. The molecule has 164 valence electrons. The Hall–Kier alpha value is -1.52. The van der Waals surface area contributed by atoms with E-state index in [0.717, 1.165) is 11.3 Å². The molecular formula is C17H20Cl2N3O6PS. The van der Waals surface area contributed by atoms with E-state index >= 15 is 0 Å². The Kier molecular flexibility index (Phi) is 8.03. The van der Waals surface area contributed by atoms with Crippen molar-refractivity contribution in [2.75, 3.05) is 5.32 Å². The summed E-state index contributed by atoms with van der Waals surface area (Å²) in [5.74, 6) is -0.946. The summed E-state index contributed by atoms with van der Waals surface area (Å²) in [7, 11) is -4.67. The molecule has 0 saturated heterocycles. The van der Waals surface area contributed by atoms with Crippen molar-refractivity contribution in [1.29, 1.82) is 0 Å². The van der Waals surface area contributed by atoms with Crippen molar-refractivity contribution < 1.29 is 28.5 Å². The van der Waals surface area contributed by atoms with Gasteiger partial charge in [0.1, 0.15) is 6.73 Å². The quantitative estimate of drug-likeness (QED) is 0.518. The summed E-state index contributed by atoms with van der Waals surface area (Å²) < 4.78 is 16.5. The molecule has 3 N–H and O–H groups in total. The van der Waals surface area contributed by atoms with Gasteiger partial charge in [0, 0.05) is 23.6 Å². The van der Waals surface area contributed by atoms with Crippen LogP contribution in [0.1, 0.15) is 37.6 Å². The molecule has 0 atom stereocenters. The predicted molar refractivity (Wildman–Crippen MR) is 114 cm³/mol. The second-order valence-corrected chi connectivity index (χ2v) is 10.3. The zero-order valence-corrected chi connectivity index (χ0v) is 19.5. The van der Waals surface area contributed by atoms with Crippen LogP contribution in [0.2, 0.25) is 10.0 Å². The third kappa shape index (κ3) is 7.63. The summed E-state index contributed by atoms with van der Waals surface area (Å²) in [6.45, 7) is 5.27. The van der Waals surface area contributed by atoms with Gasteiger partial charge in [-0.2, -0.15) is 4.99 Å². The Bertz CT molecular complexity index is 1050. The van der Waals surface area contributed by atoms with Crippen molar-refractivity contribution in [3.8, 4) is 0 Å². The van der Waals surface area contributed by atoms with Gasteiger partial charge >= 0.3 is 7.82 Å². The maximum absolute atomic E-state index is 12.5. The first kappa shape index (κ1) is 24.7. The van der Waals surface area contributed by atoms with Crippen LogP contribution in [0.5, 0.6) is 0 Å². The van der Waals surface area contributed by atoms with E-state index in [1.807, 2.05) is 20.8 Å².